The molecule has 2 aromatic rings. The molecule has 184 valence electrons. The average Bonchev–Trinajstić information content (AvgIpc) is 3.67. The van der Waals surface area contributed by atoms with Crippen molar-refractivity contribution in [3.63, 3.8) is 0 Å². The van der Waals surface area contributed by atoms with Crippen LogP contribution in [0, 0.1) is 5.92 Å². The molecule has 0 radical (unpaired) electrons. The zero-order valence-electron chi connectivity index (χ0n) is 22.2. The largest absolute Gasteiger partial charge is 0.351 e. The van der Waals surface area contributed by atoms with Gasteiger partial charge in [0.2, 0.25) is 0 Å². The molecule has 0 bridgehead atoms. The number of rotatable bonds is 10. The van der Waals surface area contributed by atoms with Crippen LogP contribution in [0.3, 0.4) is 0 Å². The van der Waals surface area contributed by atoms with Gasteiger partial charge in [0.25, 0.3) is 0 Å². The number of aromatic nitrogens is 2. The normalized spacial score (nSPS) is 14.7. The smallest absolute Gasteiger partial charge is 0.130 e. The lowest BCUT2D eigenvalue weighted by atomic mass is 10.0. The van der Waals surface area contributed by atoms with E-state index >= 15 is 0 Å². The van der Waals surface area contributed by atoms with Gasteiger partial charge >= 0.3 is 0 Å². The number of nitrogens with zero attached hydrogens (tertiary/aromatic N) is 3. The van der Waals surface area contributed by atoms with Gasteiger partial charge < -0.3 is 10.2 Å². The number of pyridine rings is 2. The number of nitrogens with one attached hydrogen (secondary N) is 1. The van der Waals surface area contributed by atoms with Crippen LogP contribution in [-0.2, 0) is 6.42 Å². The van der Waals surface area contributed by atoms with Gasteiger partial charge in [-0.2, -0.15) is 0 Å². The van der Waals surface area contributed by atoms with E-state index in [4.69, 9.17) is 4.98 Å². The third-order valence-electron chi connectivity index (χ3n) is 5.99. The van der Waals surface area contributed by atoms with E-state index in [1.54, 1.807) is 0 Å². The third-order valence-corrected chi connectivity index (χ3v) is 5.99. The predicted molar refractivity (Wildman–Crippen MR) is 151 cm³/mol. The second-order valence-electron chi connectivity index (χ2n) is 9.47. The van der Waals surface area contributed by atoms with Crippen molar-refractivity contribution in [3.8, 4) is 0 Å². The molecule has 0 aromatic carbocycles. The van der Waals surface area contributed by atoms with Gasteiger partial charge in [0.1, 0.15) is 5.82 Å². The Kier molecular flexibility index (Phi) is 9.25. The Balaban J connectivity index is 1.95. The second kappa shape index (κ2) is 12.3. The minimum Gasteiger partial charge on any atom is -0.351 e. The lowest BCUT2D eigenvalue weighted by Gasteiger charge is -2.18. The summed E-state index contributed by atoms with van der Waals surface area (Å²) in [6.07, 6.45) is 18.7. The highest BCUT2D eigenvalue weighted by Crippen LogP contribution is 2.36. The molecule has 1 N–H and O–H groups in total. The van der Waals surface area contributed by atoms with Crippen LogP contribution < -0.4 is 15.8 Å². The molecule has 4 nitrogen and oxygen atoms in total. The monoisotopic (exact) mass is 468 g/mol. The van der Waals surface area contributed by atoms with Crippen LogP contribution in [0.25, 0.3) is 17.8 Å². The predicted octanol–water partition coefficient (Wildman–Crippen LogP) is 6.19. The summed E-state index contributed by atoms with van der Waals surface area (Å²) in [5.74, 6) is 1.42. The Bertz CT molecular complexity index is 1260. The Morgan fingerprint density at radius 3 is 2.57 bits per heavy atom. The lowest BCUT2D eigenvalue weighted by molar-refractivity contribution is 0.580. The Hall–Kier alpha value is -3.40. The van der Waals surface area contributed by atoms with Crippen LogP contribution in [0.4, 0.5) is 5.82 Å². The molecule has 4 heteroatoms. The lowest BCUT2D eigenvalue weighted by Crippen LogP contribution is -2.26. The van der Waals surface area contributed by atoms with Crippen LogP contribution in [0.5, 0.6) is 0 Å². The van der Waals surface area contributed by atoms with E-state index in [1.807, 2.05) is 26.2 Å². The zero-order chi connectivity index (χ0) is 25.4. The fourth-order valence-electron chi connectivity index (χ4n) is 4.11. The SMILES string of the molecule is C=C(/C=c1/cc(NC(=C2CC2)c2ccnc(CC(C)C)c2)nc/c1=C/C)/C(=C/C)N(C)/C=C/CC. The fraction of sp³-hybridized carbons (Fsp3) is 0.355. The third kappa shape index (κ3) is 7.29. The molecule has 1 fully saturated rings. The van der Waals surface area contributed by atoms with Gasteiger partial charge in [-0.1, -0.05) is 45.6 Å². The second-order valence-corrected chi connectivity index (χ2v) is 9.47. The average molecular weight is 469 g/mol. The summed E-state index contributed by atoms with van der Waals surface area (Å²) in [5, 5.41) is 5.82. The molecular weight excluding hydrogens is 428 g/mol. The molecule has 3 rings (SSSR count). The summed E-state index contributed by atoms with van der Waals surface area (Å²) in [4.78, 5) is 11.4. The standard InChI is InChI=1S/C31H40N4/c1-8-11-16-35(7)29(10-3)23(6)18-27-20-30(33-21-24(27)9-2)34-31(25-12-13-25)26-14-15-32-28(19-26)17-22(4)5/h9-11,14-16,18-22,34H,6,8,12-13,17H2,1-5,7H3/b16-11+,24-9-,27-18-,29-10-. The maximum absolute atomic E-state index is 4.73. The number of hydrogen-bond donors (Lipinski definition) is 1. The van der Waals surface area contributed by atoms with E-state index in [1.165, 1.54) is 16.8 Å². The number of likely N-dealkylation sites (N-methyl/N-ethyl adjacent to an activating group) is 1. The molecule has 0 aliphatic heterocycles. The molecule has 1 aliphatic rings. The highest BCUT2D eigenvalue weighted by Gasteiger charge is 2.20. The molecule has 2 aromatic heterocycles. The molecule has 35 heavy (non-hydrogen) atoms. The van der Waals surface area contributed by atoms with Gasteiger partial charge in [0.05, 0.1) is 0 Å². The van der Waals surface area contributed by atoms with E-state index in [-0.39, 0.29) is 0 Å². The van der Waals surface area contributed by atoms with Crippen molar-refractivity contribution in [1.29, 1.82) is 0 Å². The quantitative estimate of drug-likeness (QED) is 0.422. The van der Waals surface area contributed by atoms with Gasteiger partial charge in [-0.25, -0.2) is 4.98 Å². The summed E-state index contributed by atoms with van der Waals surface area (Å²) in [7, 11) is 2.06. The summed E-state index contributed by atoms with van der Waals surface area (Å²) < 4.78 is 0. The zero-order valence-corrected chi connectivity index (χ0v) is 22.2. The van der Waals surface area contributed by atoms with Crippen molar-refractivity contribution in [2.24, 2.45) is 5.92 Å². The molecule has 1 aliphatic carbocycles. The molecule has 0 atom stereocenters. The van der Waals surface area contributed by atoms with Gasteiger partial charge in [-0.15, -0.1) is 0 Å². The minimum atomic E-state index is 0.576. The van der Waals surface area contributed by atoms with E-state index in [0.717, 1.165) is 58.9 Å². The van der Waals surface area contributed by atoms with Crippen LogP contribution in [-0.4, -0.2) is 21.9 Å². The van der Waals surface area contributed by atoms with Crippen molar-refractivity contribution >= 4 is 23.7 Å². The Morgan fingerprint density at radius 2 is 1.94 bits per heavy atom. The molecule has 0 spiro atoms. The van der Waals surface area contributed by atoms with E-state index in [2.05, 4.69) is 98.3 Å². The number of anilines is 1. The van der Waals surface area contributed by atoms with Crippen LogP contribution in [0.2, 0.25) is 0 Å². The van der Waals surface area contributed by atoms with E-state index in [0.29, 0.717) is 5.92 Å². The first-order valence-electron chi connectivity index (χ1n) is 12.7. The van der Waals surface area contributed by atoms with Crippen molar-refractivity contribution in [2.45, 2.75) is 60.3 Å². The fourth-order valence-corrected chi connectivity index (χ4v) is 4.11. The van der Waals surface area contributed by atoms with E-state index < -0.39 is 0 Å². The first-order valence-corrected chi connectivity index (χ1v) is 12.7. The molecule has 0 amide bonds. The van der Waals surface area contributed by atoms with Gasteiger partial charge in [0.15, 0.2) is 0 Å². The van der Waals surface area contributed by atoms with Crippen molar-refractivity contribution < 1.29 is 0 Å². The van der Waals surface area contributed by atoms with Gasteiger partial charge in [-0.05, 0) is 97.5 Å². The molecule has 0 unspecified atom stereocenters. The maximum Gasteiger partial charge on any atom is 0.130 e. The Labute approximate surface area is 211 Å². The highest BCUT2D eigenvalue weighted by atomic mass is 15.1. The molecule has 2 heterocycles. The van der Waals surface area contributed by atoms with Gasteiger partial charge in [0, 0.05) is 42.1 Å². The summed E-state index contributed by atoms with van der Waals surface area (Å²) in [5.41, 5.74) is 6.97. The molecule has 1 saturated carbocycles. The van der Waals surface area contributed by atoms with Crippen LogP contribution in [0.1, 0.15) is 65.1 Å². The van der Waals surface area contributed by atoms with Gasteiger partial charge in [-0.3, -0.25) is 4.98 Å². The molecular formula is C31H40N4. The summed E-state index contributed by atoms with van der Waals surface area (Å²) in [6, 6.07) is 6.43. The van der Waals surface area contributed by atoms with Crippen molar-refractivity contribution in [2.75, 3.05) is 12.4 Å². The topological polar surface area (TPSA) is 41.1 Å². The maximum atomic E-state index is 4.73. The minimum absolute atomic E-state index is 0.576. The van der Waals surface area contributed by atoms with Crippen LogP contribution >= 0.6 is 0 Å². The first kappa shape index (κ1) is 26.2. The van der Waals surface area contributed by atoms with Crippen molar-refractivity contribution in [3.05, 3.63) is 94.1 Å². The number of hydrogen-bond acceptors (Lipinski definition) is 4. The van der Waals surface area contributed by atoms with Crippen molar-refractivity contribution in [1.82, 2.24) is 14.9 Å². The number of allylic oxidation sites excluding steroid dienone is 4. The highest BCUT2D eigenvalue weighted by molar-refractivity contribution is 5.80. The summed E-state index contributed by atoms with van der Waals surface area (Å²) in [6.45, 7) is 15.1. The van der Waals surface area contributed by atoms with Crippen LogP contribution in [0.15, 0.2) is 72.4 Å². The first-order chi connectivity index (χ1) is 16.9. The van der Waals surface area contributed by atoms with E-state index in [9.17, 15) is 0 Å². The molecule has 0 saturated heterocycles. The summed E-state index contributed by atoms with van der Waals surface area (Å²) >= 11 is 0. The Morgan fingerprint density at radius 1 is 1.17 bits per heavy atom.